The van der Waals surface area contributed by atoms with Crippen molar-refractivity contribution in [3.8, 4) is 0 Å². The molecule has 0 spiro atoms. The molecule has 21 heavy (non-hydrogen) atoms. The molecule has 0 bridgehead atoms. The Bertz CT molecular complexity index is 458. The molecule has 1 aliphatic heterocycles. The van der Waals surface area contributed by atoms with Crippen LogP contribution in [0.15, 0.2) is 12.4 Å². The number of aromatic nitrogens is 2. The molecule has 7 heteroatoms. The van der Waals surface area contributed by atoms with E-state index in [-0.39, 0.29) is 5.92 Å². The number of carbonyl (C=O) groups is 1. The number of hydrogen-bond donors (Lipinski definition) is 2. The van der Waals surface area contributed by atoms with E-state index in [4.69, 9.17) is 9.84 Å². The average molecular weight is 294 g/mol. The molecule has 1 aromatic heterocycles. The summed E-state index contributed by atoms with van der Waals surface area (Å²) < 4.78 is 5.29. The van der Waals surface area contributed by atoms with Crippen LogP contribution in [0.5, 0.6) is 0 Å². The first-order valence-corrected chi connectivity index (χ1v) is 7.17. The summed E-state index contributed by atoms with van der Waals surface area (Å²) in [5.41, 5.74) is 0.874. The van der Waals surface area contributed by atoms with Crippen molar-refractivity contribution in [3.63, 3.8) is 0 Å². The number of carboxylic acids is 1. The summed E-state index contributed by atoms with van der Waals surface area (Å²) in [5.74, 6) is -0.118. The SMILES string of the molecule is CC(C)[C@@H](NCc1cnc(N2CCOCC2)nc1)C(=O)O. The second-order valence-corrected chi connectivity index (χ2v) is 5.43. The lowest BCUT2D eigenvalue weighted by Gasteiger charge is -2.26. The molecule has 2 heterocycles. The molecule has 0 unspecified atom stereocenters. The Balaban J connectivity index is 1.91. The number of morpholine rings is 1. The number of anilines is 1. The first-order chi connectivity index (χ1) is 10.1. The molecule has 7 nitrogen and oxygen atoms in total. The Labute approximate surface area is 124 Å². The van der Waals surface area contributed by atoms with Gasteiger partial charge < -0.3 is 14.7 Å². The van der Waals surface area contributed by atoms with Crippen molar-refractivity contribution in [1.29, 1.82) is 0 Å². The molecule has 1 aromatic rings. The number of ether oxygens (including phenoxy) is 1. The molecule has 0 saturated carbocycles. The van der Waals surface area contributed by atoms with Crippen molar-refractivity contribution in [3.05, 3.63) is 18.0 Å². The summed E-state index contributed by atoms with van der Waals surface area (Å²) in [7, 11) is 0. The van der Waals surface area contributed by atoms with Gasteiger partial charge in [0, 0.05) is 37.6 Å². The van der Waals surface area contributed by atoms with Gasteiger partial charge in [-0.15, -0.1) is 0 Å². The zero-order valence-corrected chi connectivity index (χ0v) is 12.5. The van der Waals surface area contributed by atoms with Gasteiger partial charge in [0.1, 0.15) is 6.04 Å². The second-order valence-electron chi connectivity index (χ2n) is 5.43. The van der Waals surface area contributed by atoms with Crippen LogP contribution in [0.4, 0.5) is 5.95 Å². The van der Waals surface area contributed by atoms with E-state index in [1.54, 1.807) is 12.4 Å². The number of hydrogen-bond acceptors (Lipinski definition) is 6. The minimum absolute atomic E-state index is 0.0241. The van der Waals surface area contributed by atoms with E-state index in [1.807, 2.05) is 13.8 Å². The standard InChI is InChI=1S/C14H22N4O3/c1-10(2)12(13(19)20)15-7-11-8-16-14(17-9-11)18-3-5-21-6-4-18/h8-10,12,15H,3-7H2,1-2H3,(H,19,20)/t12-/m1/s1. The number of carboxylic acid groups (broad SMARTS) is 1. The van der Waals surface area contributed by atoms with Crippen molar-refractivity contribution in [2.75, 3.05) is 31.2 Å². The molecule has 0 radical (unpaired) electrons. The van der Waals surface area contributed by atoms with Gasteiger partial charge in [-0.3, -0.25) is 10.1 Å². The number of aliphatic carboxylic acids is 1. The monoisotopic (exact) mass is 294 g/mol. The Kier molecular flexibility index (Phi) is 5.46. The third-order valence-electron chi connectivity index (χ3n) is 3.44. The third-order valence-corrected chi connectivity index (χ3v) is 3.44. The van der Waals surface area contributed by atoms with Crippen LogP contribution in [0, 0.1) is 5.92 Å². The Morgan fingerprint density at radius 1 is 1.38 bits per heavy atom. The van der Waals surface area contributed by atoms with E-state index in [1.165, 1.54) is 0 Å². The van der Waals surface area contributed by atoms with E-state index < -0.39 is 12.0 Å². The molecule has 2 rings (SSSR count). The minimum atomic E-state index is -0.837. The van der Waals surface area contributed by atoms with Gasteiger partial charge in [0.15, 0.2) is 0 Å². The van der Waals surface area contributed by atoms with Crippen molar-refractivity contribution in [1.82, 2.24) is 15.3 Å². The summed E-state index contributed by atoms with van der Waals surface area (Å²) in [6, 6.07) is -0.566. The van der Waals surface area contributed by atoms with Crippen LogP contribution in [0.2, 0.25) is 0 Å². The van der Waals surface area contributed by atoms with Crippen LogP contribution in [0.3, 0.4) is 0 Å². The summed E-state index contributed by atoms with van der Waals surface area (Å²) in [6.45, 7) is 7.19. The van der Waals surface area contributed by atoms with E-state index in [2.05, 4.69) is 20.2 Å². The fourth-order valence-corrected chi connectivity index (χ4v) is 2.20. The van der Waals surface area contributed by atoms with Crippen LogP contribution >= 0.6 is 0 Å². The van der Waals surface area contributed by atoms with Gasteiger partial charge in [0.25, 0.3) is 0 Å². The molecule has 0 amide bonds. The van der Waals surface area contributed by atoms with Crippen LogP contribution in [0.25, 0.3) is 0 Å². The van der Waals surface area contributed by atoms with E-state index >= 15 is 0 Å². The molecule has 0 aliphatic carbocycles. The summed E-state index contributed by atoms with van der Waals surface area (Å²) in [6.07, 6.45) is 3.48. The second kappa shape index (κ2) is 7.33. The van der Waals surface area contributed by atoms with Crippen molar-refractivity contribution in [2.45, 2.75) is 26.4 Å². The van der Waals surface area contributed by atoms with Crippen LogP contribution in [0.1, 0.15) is 19.4 Å². The fourth-order valence-electron chi connectivity index (χ4n) is 2.20. The van der Waals surface area contributed by atoms with Gasteiger partial charge >= 0.3 is 5.97 Å². The largest absolute Gasteiger partial charge is 0.480 e. The minimum Gasteiger partial charge on any atom is -0.480 e. The Hall–Kier alpha value is -1.73. The molecule has 1 aliphatic rings. The fraction of sp³-hybridized carbons (Fsp3) is 0.643. The molecule has 1 atom stereocenters. The van der Waals surface area contributed by atoms with E-state index in [0.29, 0.717) is 25.7 Å². The van der Waals surface area contributed by atoms with Gasteiger partial charge in [-0.25, -0.2) is 9.97 Å². The first kappa shape index (κ1) is 15.7. The van der Waals surface area contributed by atoms with Gasteiger partial charge in [-0.2, -0.15) is 0 Å². The van der Waals surface area contributed by atoms with Crippen LogP contribution < -0.4 is 10.2 Å². The Morgan fingerprint density at radius 3 is 2.52 bits per heavy atom. The van der Waals surface area contributed by atoms with Crippen LogP contribution in [-0.4, -0.2) is 53.4 Å². The quantitative estimate of drug-likeness (QED) is 0.790. The summed E-state index contributed by atoms with van der Waals surface area (Å²) in [5, 5.41) is 12.1. The maximum absolute atomic E-state index is 11.1. The lowest BCUT2D eigenvalue weighted by atomic mass is 10.0. The summed E-state index contributed by atoms with van der Waals surface area (Å²) in [4.78, 5) is 21.9. The smallest absolute Gasteiger partial charge is 0.320 e. The highest BCUT2D eigenvalue weighted by Gasteiger charge is 2.20. The molecule has 116 valence electrons. The molecule has 0 aromatic carbocycles. The lowest BCUT2D eigenvalue weighted by Crippen LogP contribution is -2.40. The highest BCUT2D eigenvalue weighted by atomic mass is 16.5. The highest BCUT2D eigenvalue weighted by Crippen LogP contribution is 2.10. The van der Waals surface area contributed by atoms with Gasteiger partial charge in [0.2, 0.25) is 5.95 Å². The maximum Gasteiger partial charge on any atom is 0.320 e. The van der Waals surface area contributed by atoms with Gasteiger partial charge in [-0.1, -0.05) is 13.8 Å². The number of rotatable bonds is 6. The number of nitrogens with one attached hydrogen (secondary N) is 1. The predicted octanol–water partition coefficient (Wildman–Crippen LogP) is 0.512. The molecular weight excluding hydrogens is 272 g/mol. The van der Waals surface area contributed by atoms with Crippen LogP contribution in [-0.2, 0) is 16.1 Å². The molecule has 1 saturated heterocycles. The lowest BCUT2D eigenvalue weighted by molar-refractivity contribution is -0.140. The van der Waals surface area contributed by atoms with Gasteiger partial charge in [0.05, 0.1) is 13.2 Å². The topological polar surface area (TPSA) is 87.6 Å². The van der Waals surface area contributed by atoms with Gasteiger partial charge in [-0.05, 0) is 5.92 Å². The van der Waals surface area contributed by atoms with E-state index in [9.17, 15) is 4.79 Å². The van der Waals surface area contributed by atoms with Crippen molar-refractivity contribution in [2.24, 2.45) is 5.92 Å². The Morgan fingerprint density at radius 2 is 2.00 bits per heavy atom. The molecular formula is C14H22N4O3. The molecule has 2 N–H and O–H groups in total. The highest BCUT2D eigenvalue weighted by molar-refractivity contribution is 5.73. The zero-order chi connectivity index (χ0) is 15.2. The van der Waals surface area contributed by atoms with E-state index in [0.717, 1.165) is 18.7 Å². The normalized spacial score (nSPS) is 17.0. The summed E-state index contributed by atoms with van der Waals surface area (Å²) >= 11 is 0. The first-order valence-electron chi connectivity index (χ1n) is 7.17. The zero-order valence-electron chi connectivity index (χ0n) is 12.5. The number of nitrogens with zero attached hydrogens (tertiary/aromatic N) is 3. The average Bonchev–Trinajstić information content (AvgIpc) is 2.48. The van der Waals surface area contributed by atoms with Crippen molar-refractivity contribution < 1.29 is 14.6 Å². The van der Waals surface area contributed by atoms with Crippen molar-refractivity contribution >= 4 is 11.9 Å². The third kappa shape index (κ3) is 4.37. The predicted molar refractivity (Wildman–Crippen MR) is 78.2 cm³/mol. The maximum atomic E-state index is 11.1. The molecule has 1 fully saturated rings.